The summed E-state index contributed by atoms with van der Waals surface area (Å²) < 4.78 is 2.31. The van der Waals surface area contributed by atoms with E-state index < -0.39 is 0 Å². The van der Waals surface area contributed by atoms with E-state index >= 15 is 0 Å². The number of pyridine rings is 3. The van der Waals surface area contributed by atoms with E-state index in [0.717, 1.165) is 139 Å². The molecule has 3 aromatic heterocycles. The van der Waals surface area contributed by atoms with Crippen molar-refractivity contribution in [1.29, 1.82) is 0 Å². The average molecular weight is 1380 g/mol. The summed E-state index contributed by atoms with van der Waals surface area (Å²) >= 11 is -0.344. The number of para-hydroxylation sites is 9. The number of anilines is 15. The fourth-order valence-corrected chi connectivity index (χ4v) is 15.5. The molecule has 0 aliphatic carbocycles. The number of rotatable bonds is 21. The number of benzene rings is 13. The van der Waals surface area contributed by atoms with Crippen molar-refractivity contribution in [3.8, 4) is 44.9 Å². The molecule has 3 heterocycles. The van der Waals surface area contributed by atoms with Gasteiger partial charge in [0.1, 0.15) is 0 Å². The van der Waals surface area contributed by atoms with Gasteiger partial charge in [-0.3, -0.25) is 0 Å². The Bertz CT molecular complexity index is 5060. The van der Waals surface area contributed by atoms with Crippen LogP contribution in [0.1, 0.15) is 0 Å². The molecule has 0 spiro atoms. The standard InChI is InChI=1S/C93H68N8Se/c1-8-34-69(35-9-1)84-52-33-53-87(90-56-28-31-61-96-90)93(84)101(79-63-77(97(70-36-10-2-11-37-70)71-38-12-3-13-39-71)62-78(64-79)98(72-40-14-4-15-41-72)73-42-16-5-17-43-73)76-48-32-49-82(66-76)102-83-67-80(99(74-44-18-6-19-45-74)91-57-24-22-50-85(91)88-54-26-29-59-94-88)65-81(68-83)100(75-46-20-7-21-47-75)92-58-25-23-51-86(92)89-55-27-30-60-95-89/h1-68H. The van der Waals surface area contributed by atoms with Gasteiger partial charge in [0.15, 0.2) is 0 Å². The van der Waals surface area contributed by atoms with Crippen molar-refractivity contribution in [2.75, 3.05) is 24.5 Å². The van der Waals surface area contributed by atoms with Gasteiger partial charge in [-0.2, -0.15) is 0 Å². The summed E-state index contributed by atoms with van der Waals surface area (Å²) in [7, 11) is 0. The molecule has 102 heavy (non-hydrogen) atoms. The van der Waals surface area contributed by atoms with Crippen LogP contribution in [-0.4, -0.2) is 29.9 Å². The molecule has 0 unspecified atom stereocenters. The second kappa shape index (κ2) is 29.9. The Morgan fingerprint density at radius 1 is 0.186 bits per heavy atom. The number of aromatic nitrogens is 3. The van der Waals surface area contributed by atoms with E-state index in [1.807, 2.05) is 36.8 Å². The molecule has 0 saturated carbocycles. The summed E-state index contributed by atoms with van der Waals surface area (Å²) in [5.74, 6) is 0. The van der Waals surface area contributed by atoms with Crippen LogP contribution in [0.25, 0.3) is 44.9 Å². The average Bonchev–Trinajstić information content (AvgIpc) is 0.749. The normalized spacial score (nSPS) is 11.0. The Morgan fingerprint density at radius 2 is 0.480 bits per heavy atom. The molecule has 16 aromatic rings. The Labute approximate surface area is 602 Å². The van der Waals surface area contributed by atoms with Gasteiger partial charge in [-0.05, 0) is 0 Å². The molecule has 0 amide bonds. The molecule has 9 heteroatoms. The molecule has 0 atom stereocenters. The molecule has 0 bridgehead atoms. The van der Waals surface area contributed by atoms with Gasteiger partial charge in [0, 0.05) is 0 Å². The van der Waals surface area contributed by atoms with E-state index in [1.165, 1.54) is 0 Å². The van der Waals surface area contributed by atoms with Gasteiger partial charge in [-0.15, -0.1) is 0 Å². The van der Waals surface area contributed by atoms with Gasteiger partial charge in [0.25, 0.3) is 0 Å². The second-order valence-electron chi connectivity index (χ2n) is 24.4. The van der Waals surface area contributed by atoms with Gasteiger partial charge < -0.3 is 0 Å². The maximum atomic E-state index is 5.16. The quantitative estimate of drug-likeness (QED) is 0.0660. The van der Waals surface area contributed by atoms with E-state index in [1.54, 1.807) is 0 Å². The van der Waals surface area contributed by atoms with Gasteiger partial charge in [-0.1, -0.05) is 0 Å². The van der Waals surface area contributed by atoms with Crippen molar-refractivity contribution in [2.24, 2.45) is 0 Å². The van der Waals surface area contributed by atoms with Crippen LogP contribution in [0.2, 0.25) is 0 Å². The van der Waals surface area contributed by atoms with E-state index in [2.05, 4.69) is 401 Å². The molecule has 0 radical (unpaired) electrons. The Kier molecular flexibility index (Phi) is 18.6. The Morgan fingerprint density at radius 3 is 0.882 bits per heavy atom. The zero-order valence-corrected chi connectivity index (χ0v) is 57.5. The van der Waals surface area contributed by atoms with Gasteiger partial charge >= 0.3 is 606 Å². The third-order valence-corrected chi connectivity index (χ3v) is 19.9. The van der Waals surface area contributed by atoms with Crippen molar-refractivity contribution in [1.82, 2.24) is 15.0 Å². The van der Waals surface area contributed by atoms with Crippen LogP contribution in [0.3, 0.4) is 0 Å². The second-order valence-corrected chi connectivity index (χ2v) is 26.8. The minimum absolute atomic E-state index is 0.344. The predicted octanol–water partition coefficient (Wildman–Crippen LogP) is 23.5. The first-order valence-corrected chi connectivity index (χ1v) is 35.8. The Balaban J connectivity index is 0.957. The zero-order valence-electron chi connectivity index (χ0n) is 55.7. The van der Waals surface area contributed by atoms with Crippen LogP contribution in [0.4, 0.5) is 85.3 Å². The molecule has 0 aliphatic rings. The molecular formula is C93H68N8Se. The van der Waals surface area contributed by atoms with Crippen LogP contribution in [0.5, 0.6) is 0 Å². The van der Waals surface area contributed by atoms with E-state index in [9.17, 15) is 0 Å². The summed E-state index contributed by atoms with van der Waals surface area (Å²) in [4.78, 5) is 27.1. The minimum atomic E-state index is -0.344. The molecule has 0 fully saturated rings. The summed E-state index contributed by atoms with van der Waals surface area (Å²) in [6, 6.07) is 141. The number of nitrogens with zero attached hydrogens (tertiary/aromatic N) is 8. The molecule has 0 saturated heterocycles. The van der Waals surface area contributed by atoms with Crippen LogP contribution in [-0.2, 0) is 0 Å². The summed E-state index contributed by atoms with van der Waals surface area (Å²) in [6.07, 6.45) is 5.63. The number of hydrogen-bond acceptors (Lipinski definition) is 8. The monoisotopic (exact) mass is 1380 g/mol. The Hall–Kier alpha value is -13.2. The van der Waals surface area contributed by atoms with Gasteiger partial charge in [0.2, 0.25) is 0 Å². The SMILES string of the molecule is c1ccc(-c2cccc(-c3ccccn3)c2N(c2cccc([Se]c3cc(N(c4ccccc4)c4ccccc4-c4ccccn4)cc(N(c4ccccc4)c4ccccc4-c4ccccn4)c3)c2)c2cc(N(c3ccccc3)c3ccccc3)cc(N(c3ccccc3)c3ccccc3)c2)cc1. The molecule has 0 aliphatic heterocycles. The van der Waals surface area contributed by atoms with Crippen LogP contribution in [0, 0.1) is 0 Å². The van der Waals surface area contributed by atoms with Crippen LogP contribution < -0.4 is 33.4 Å². The fourth-order valence-electron chi connectivity index (χ4n) is 13.5. The van der Waals surface area contributed by atoms with E-state index in [0.29, 0.717) is 0 Å². The third kappa shape index (κ3) is 13.6. The van der Waals surface area contributed by atoms with Crippen LogP contribution in [0.15, 0.2) is 413 Å². The summed E-state index contributed by atoms with van der Waals surface area (Å²) in [6.45, 7) is 0. The molecule has 0 N–H and O–H groups in total. The zero-order chi connectivity index (χ0) is 68.2. The van der Waals surface area contributed by atoms with Crippen molar-refractivity contribution in [3.63, 3.8) is 0 Å². The fraction of sp³-hybridized carbons (Fsp3) is 0. The van der Waals surface area contributed by atoms with E-state index in [-0.39, 0.29) is 15.0 Å². The topological polar surface area (TPSA) is 54.9 Å². The maximum absolute atomic E-state index is 5.16. The van der Waals surface area contributed by atoms with Gasteiger partial charge in [-0.25, -0.2) is 0 Å². The molecule has 16 rings (SSSR count). The number of hydrogen-bond donors (Lipinski definition) is 0. The van der Waals surface area contributed by atoms with Crippen molar-refractivity contribution < 1.29 is 0 Å². The molecule has 13 aromatic carbocycles. The van der Waals surface area contributed by atoms with Crippen molar-refractivity contribution in [3.05, 3.63) is 413 Å². The summed E-state index contributed by atoms with van der Waals surface area (Å²) in [5, 5.41) is 0. The predicted molar refractivity (Wildman–Crippen MR) is 426 cm³/mol. The third-order valence-electron chi connectivity index (χ3n) is 17.9. The molecule has 486 valence electrons. The van der Waals surface area contributed by atoms with E-state index in [4.69, 9.17) is 15.0 Å². The van der Waals surface area contributed by atoms with Crippen molar-refractivity contribution >= 4 is 109 Å². The molecular weight excluding hydrogens is 1310 g/mol. The first-order chi connectivity index (χ1) is 50.6. The summed E-state index contributed by atoms with van der Waals surface area (Å²) in [5.41, 5.74) is 22.6. The first kappa shape index (κ1) is 63.6. The first-order valence-electron chi connectivity index (χ1n) is 34.1. The van der Waals surface area contributed by atoms with Crippen LogP contribution >= 0.6 is 0 Å². The van der Waals surface area contributed by atoms with Crippen molar-refractivity contribution in [2.45, 2.75) is 0 Å². The molecule has 8 nitrogen and oxygen atoms in total. The van der Waals surface area contributed by atoms with Gasteiger partial charge in [0.05, 0.1) is 0 Å².